The van der Waals surface area contributed by atoms with Crippen LogP contribution in [0.2, 0.25) is 0 Å². The maximum atomic E-state index is 13.6. The summed E-state index contributed by atoms with van der Waals surface area (Å²) in [7, 11) is 0. The highest BCUT2D eigenvalue weighted by atomic mass is 16.3. The van der Waals surface area contributed by atoms with Crippen LogP contribution in [0.25, 0.3) is 0 Å². The van der Waals surface area contributed by atoms with Crippen LogP contribution in [0, 0.1) is 60.7 Å². The van der Waals surface area contributed by atoms with Crippen LogP contribution in [0.1, 0.15) is 86.2 Å². The number of hydrogen-bond acceptors (Lipinski definition) is 2. The Hall–Kier alpha value is -1.15. The van der Waals surface area contributed by atoms with Gasteiger partial charge in [0.05, 0.1) is 5.60 Å². The molecule has 5 aliphatic rings. The molecule has 1 unspecified atom stereocenters. The minimum atomic E-state index is -0.270. The van der Waals surface area contributed by atoms with Crippen molar-refractivity contribution in [2.24, 2.45) is 46.8 Å². The molecule has 0 heterocycles. The molecule has 0 radical (unpaired) electrons. The molecule has 1 N–H and O–H groups in total. The number of benzene rings is 1. The number of carbonyl (C=O) groups excluding carboxylic acids is 1. The molecule has 0 aromatic heterocycles. The summed E-state index contributed by atoms with van der Waals surface area (Å²) in [5.74, 6) is 5.32. The first-order valence-corrected chi connectivity index (χ1v) is 12.7. The first-order chi connectivity index (χ1) is 14.3. The summed E-state index contributed by atoms with van der Waals surface area (Å²) in [6.07, 6.45) is 11.0. The van der Waals surface area contributed by atoms with Crippen LogP contribution in [-0.2, 0) is 0 Å². The van der Waals surface area contributed by atoms with Crippen molar-refractivity contribution in [3.63, 3.8) is 0 Å². The van der Waals surface area contributed by atoms with Gasteiger partial charge in [-0.3, -0.25) is 4.79 Å². The SMILES string of the molecule is Cc1ccc(C(=O)[C@H]2CC[C@H]3[C@@H]4CC[C@@H]5C6C[C@@]6(O)CC[C@@H]5[C@H]4CC[C@]23C)cc1C. The van der Waals surface area contributed by atoms with E-state index >= 15 is 0 Å². The molecule has 0 saturated heterocycles. The first kappa shape index (κ1) is 19.5. The number of ketones is 1. The summed E-state index contributed by atoms with van der Waals surface area (Å²) >= 11 is 0. The molecule has 5 saturated carbocycles. The van der Waals surface area contributed by atoms with Crippen molar-refractivity contribution in [2.45, 2.75) is 84.2 Å². The van der Waals surface area contributed by atoms with Crippen LogP contribution in [0.15, 0.2) is 18.2 Å². The first-order valence-electron chi connectivity index (χ1n) is 12.7. The monoisotopic (exact) mass is 406 g/mol. The summed E-state index contributed by atoms with van der Waals surface area (Å²) in [5.41, 5.74) is 3.37. The second-order valence-electron chi connectivity index (χ2n) is 12.1. The molecule has 162 valence electrons. The Morgan fingerprint density at radius 1 is 0.867 bits per heavy atom. The average molecular weight is 407 g/mol. The number of aryl methyl sites for hydroxylation is 2. The van der Waals surface area contributed by atoms with Gasteiger partial charge in [-0.25, -0.2) is 0 Å². The third kappa shape index (κ3) is 2.61. The Morgan fingerprint density at radius 2 is 1.57 bits per heavy atom. The number of Topliss-reactive ketones (excluding diaryl/α,β-unsaturated/α-hetero) is 1. The summed E-state index contributed by atoms with van der Waals surface area (Å²) < 4.78 is 0. The number of aliphatic hydroxyl groups is 1. The lowest BCUT2D eigenvalue weighted by Crippen LogP contribution is -2.50. The molecule has 5 fully saturated rings. The number of rotatable bonds is 2. The number of carbonyl (C=O) groups is 1. The normalized spacial score (nSPS) is 48.9. The fourth-order valence-corrected chi connectivity index (χ4v) is 9.21. The summed E-state index contributed by atoms with van der Waals surface area (Å²) in [6.45, 7) is 6.72. The van der Waals surface area contributed by atoms with Gasteiger partial charge in [-0.2, -0.15) is 0 Å². The fraction of sp³-hybridized carbons (Fsp3) is 0.750. The van der Waals surface area contributed by atoms with Crippen LogP contribution in [0.3, 0.4) is 0 Å². The van der Waals surface area contributed by atoms with Gasteiger partial charge in [0, 0.05) is 11.5 Å². The fourth-order valence-electron chi connectivity index (χ4n) is 9.21. The Morgan fingerprint density at radius 3 is 2.30 bits per heavy atom. The lowest BCUT2D eigenvalue weighted by Gasteiger charge is -2.56. The van der Waals surface area contributed by atoms with E-state index in [0.717, 1.165) is 54.4 Å². The van der Waals surface area contributed by atoms with Crippen molar-refractivity contribution >= 4 is 5.78 Å². The largest absolute Gasteiger partial charge is 0.390 e. The van der Waals surface area contributed by atoms with Gasteiger partial charge in [0.1, 0.15) is 0 Å². The second kappa shape index (κ2) is 6.44. The van der Waals surface area contributed by atoms with Crippen molar-refractivity contribution in [3.8, 4) is 0 Å². The summed E-state index contributed by atoms with van der Waals surface area (Å²) in [4.78, 5) is 13.6. The zero-order valence-electron chi connectivity index (χ0n) is 19.0. The second-order valence-corrected chi connectivity index (χ2v) is 12.1. The Bertz CT molecular complexity index is 889. The number of fused-ring (bicyclic) bond motifs is 7. The smallest absolute Gasteiger partial charge is 0.166 e. The summed E-state index contributed by atoms with van der Waals surface area (Å²) in [5, 5.41) is 10.7. The number of hydrogen-bond donors (Lipinski definition) is 1. The lowest BCUT2D eigenvalue weighted by molar-refractivity contribution is -0.0764. The maximum Gasteiger partial charge on any atom is 0.166 e. The standard InChI is InChI=1S/C28H38O2/c1-16-4-5-18(14-17(16)2)26(29)24-9-8-23-21-6-7-22-20(11-13-28(30)15-25(22)28)19(21)10-12-27(23,24)3/h4-5,14,19-25,30H,6-13,15H2,1-3H3/t19-,20-,21-,22+,23+,24-,25?,27+,28+/m1/s1. The third-order valence-corrected chi connectivity index (χ3v) is 11.1. The van der Waals surface area contributed by atoms with Gasteiger partial charge in [0.2, 0.25) is 0 Å². The van der Waals surface area contributed by atoms with Gasteiger partial charge in [-0.05, 0) is 130 Å². The van der Waals surface area contributed by atoms with E-state index in [0.29, 0.717) is 11.7 Å². The van der Waals surface area contributed by atoms with Crippen molar-refractivity contribution in [1.82, 2.24) is 0 Å². The van der Waals surface area contributed by atoms with E-state index in [2.05, 4.69) is 39.0 Å². The minimum absolute atomic E-state index is 0.193. The molecular weight excluding hydrogens is 368 g/mol. The molecule has 0 amide bonds. The molecule has 9 atom stereocenters. The van der Waals surface area contributed by atoms with Crippen LogP contribution in [-0.4, -0.2) is 16.5 Å². The minimum Gasteiger partial charge on any atom is -0.390 e. The highest BCUT2D eigenvalue weighted by molar-refractivity contribution is 5.98. The predicted octanol–water partition coefficient (Wildman–Crippen LogP) is 6.12. The van der Waals surface area contributed by atoms with Gasteiger partial charge in [-0.15, -0.1) is 0 Å². The Kier molecular flexibility index (Phi) is 4.19. The van der Waals surface area contributed by atoms with E-state index in [1.165, 1.54) is 49.7 Å². The lowest BCUT2D eigenvalue weighted by atomic mass is 9.49. The van der Waals surface area contributed by atoms with Crippen molar-refractivity contribution in [1.29, 1.82) is 0 Å². The average Bonchev–Trinajstić information content (AvgIpc) is 3.30. The molecule has 0 aliphatic heterocycles. The maximum absolute atomic E-state index is 13.6. The molecule has 0 bridgehead atoms. The van der Waals surface area contributed by atoms with E-state index in [4.69, 9.17) is 0 Å². The third-order valence-electron chi connectivity index (χ3n) is 11.1. The Labute approximate surface area is 181 Å². The van der Waals surface area contributed by atoms with E-state index in [1.54, 1.807) is 0 Å². The molecule has 30 heavy (non-hydrogen) atoms. The van der Waals surface area contributed by atoms with Crippen molar-refractivity contribution in [3.05, 3.63) is 34.9 Å². The zero-order valence-corrected chi connectivity index (χ0v) is 19.0. The molecule has 5 aliphatic carbocycles. The van der Waals surface area contributed by atoms with Crippen LogP contribution in [0.5, 0.6) is 0 Å². The van der Waals surface area contributed by atoms with Crippen LogP contribution < -0.4 is 0 Å². The van der Waals surface area contributed by atoms with Gasteiger partial charge in [0.25, 0.3) is 0 Å². The van der Waals surface area contributed by atoms with E-state index in [1.807, 2.05) is 0 Å². The Balaban J connectivity index is 1.24. The van der Waals surface area contributed by atoms with Crippen molar-refractivity contribution < 1.29 is 9.90 Å². The molecule has 2 nitrogen and oxygen atoms in total. The van der Waals surface area contributed by atoms with E-state index in [9.17, 15) is 9.90 Å². The van der Waals surface area contributed by atoms with E-state index < -0.39 is 0 Å². The van der Waals surface area contributed by atoms with Gasteiger partial charge < -0.3 is 5.11 Å². The molecule has 1 aromatic carbocycles. The van der Waals surface area contributed by atoms with Crippen molar-refractivity contribution in [2.75, 3.05) is 0 Å². The molecule has 0 spiro atoms. The molecular formula is C28H38O2. The highest BCUT2D eigenvalue weighted by Gasteiger charge is 2.65. The molecule has 1 aromatic rings. The highest BCUT2D eigenvalue weighted by Crippen LogP contribution is 2.68. The molecule has 2 heteroatoms. The predicted molar refractivity (Wildman–Crippen MR) is 119 cm³/mol. The quantitative estimate of drug-likeness (QED) is 0.601. The van der Waals surface area contributed by atoms with Gasteiger partial charge in [0.15, 0.2) is 5.78 Å². The topological polar surface area (TPSA) is 37.3 Å². The van der Waals surface area contributed by atoms with Gasteiger partial charge in [-0.1, -0.05) is 19.1 Å². The van der Waals surface area contributed by atoms with Crippen LogP contribution in [0.4, 0.5) is 0 Å². The zero-order chi connectivity index (χ0) is 20.8. The van der Waals surface area contributed by atoms with E-state index in [-0.39, 0.29) is 16.9 Å². The van der Waals surface area contributed by atoms with Crippen LogP contribution >= 0.6 is 0 Å². The summed E-state index contributed by atoms with van der Waals surface area (Å²) in [6, 6.07) is 6.32. The molecule has 6 rings (SSSR count). The van der Waals surface area contributed by atoms with Gasteiger partial charge >= 0.3 is 0 Å².